The molecule has 3 N–H and O–H groups in total. The molecule has 3 heterocycles. The summed E-state index contributed by atoms with van der Waals surface area (Å²) < 4.78 is 0. The summed E-state index contributed by atoms with van der Waals surface area (Å²) in [5.74, 6) is 2.36. The number of nitrogens with zero attached hydrogens (tertiary/aromatic N) is 2. The molecule has 2 atom stereocenters. The fourth-order valence-corrected chi connectivity index (χ4v) is 7.86. The fraction of sp³-hybridized carbons (Fsp3) is 0.474. The Morgan fingerprint density at radius 2 is 1.22 bits per heavy atom. The van der Waals surface area contributed by atoms with Crippen LogP contribution in [0, 0.1) is 11.8 Å². The third-order valence-electron chi connectivity index (χ3n) is 9.89. The van der Waals surface area contributed by atoms with Gasteiger partial charge in [0, 0.05) is 29.6 Å². The summed E-state index contributed by atoms with van der Waals surface area (Å²) >= 11 is 12.8. The maximum Gasteiger partial charge on any atom is 0.224 e. The van der Waals surface area contributed by atoms with Crippen LogP contribution in [0.5, 0.6) is 0 Å². The van der Waals surface area contributed by atoms with Gasteiger partial charge in [-0.2, -0.15) is 0 Å². The highest BCUT2D eigenvalue weighted by molar-refractivity contribution is 6.22. The van der Waals surface area contributed by atoms with Gasteiger partial charge in [-0.3, -0.25) is 19.4 Å². The van der Waals surface area contributed by atoms with E-state index in [1.807, 2.05) is 12.1 Å². The molecule has 2 unspecified atom stereocenters. The number of halogens is 2. The van der Waals surface area contributed by atoms with Crippen molar-refractivity contribution in [3.63, 3.8) is 0 Å². The molecule has 2 saturated heterocycles. The van der Waals surface area contributed by atoms with Gasteiger partial charge in [0.1, 0.15) is 0 Å². The van der Waals surface area contributed by atoms with Crippen LogP contribution < -0.4 is 11.1 Å². The van der Waals surface area contributed by atoms with Crippen LogP contribution >= 0.6 is 23.2 Å². The number of nitrogen functional groups attached to an aromatic ring is 1. The van der Waals surface area contributed by atoms with Gasteiger partial charge in [-0.25, -0.2) is 0 Å². The molecule has 8 heteroatoms. The van der Waals surface area contributed by atoms with E-state index in [0.717, 1.165) is 88.1 Å². The number of benzene rings is 3. The first-order chi connectivity index (χ1) is 22.4. The molecule has 2 fully saturated rings. The predicted octanol–water partition coefficient (Wildman–Crippen LogP) is 6.83. The van der Waals surface area contributed by atoms with E-state index in [9.17, 15) is 9.59 Å². The normalized spacial score (nSPS) is 19.3. The third-order valence-corrected chi connectivity index (χ3v) is 10.5. The number of nitrogens with one attached hydrogen (secondary N) is 1. The second-order valence-corrected chi connectivity index (χ2v) is 13.7. The number of rotatable bonds is 10. The number of hydrogen-bond donors (Lipinski definition) is 2. The Morgan fingerprint density at radius 1 is 0.739 bits per heavy atom. The van der Waals surface area contributed by atoms with Crippen molar-refractivity contribution in [1.29, 1.82) is 0 Å². The van der Waals surface area contributed by atoms with Crippen LogP contribution in [0.4, 0.5) is 11.4 Å². The summed E-state index contributed by atoms with van der Waals surface area (Å²) in [5.41, 5.74) is 11.2. The number of likely N-dealkylation sites (tertiary alicyclic amines) is 2. The maximum atomic E-state index is 13.6. The molecule has 0 saturated carbocycles. The minimum Gasteiger partial charge on any atom is -0.399 e. The number of piperidine rings is 2. The lowest BCUT2D eigenvalue weighted by molar-refractivity contribution is -0.129. The van der Waals surface area contributed by atoms with Crippen molar-refractivity contribution in [2.45, 2.75) is 63.5 Å². The van der Waals surface area contributed by atoms with E-state index in [2.05, 4.69) is 75.8 Å². The van der Waals surface area contributed by atoms with E-state index in [-0.39, 0.29) is 23.8 Å². The first-order valence-corrected chi connectivity index (χ1v) is 17.9. The SMILES string of the molecule is Nc1ccc2c(c1)CCC(=O)N2.O=C(C(CCl)N1CCC(Cc2ccccc2)CC1)C(CCl)N1CCC(Cc2ccccc2)CC1. The fourth-order valence-electron chi connectivity index (χ4n) is 7.16. The van der Waals surface area contributed by atoms with Crippen molar-refractivity contribution in [1.82, 2.24) is 9.80 Å². The van der Waals surface area contributed by atoms with Crippen molar-refractivity contribution < 1.29 is 9.59 Å². The van der Waals surface area contributed by atoms with E-state index in [1.54, 1.807) is 6.07 Å². The number of carbonyl (C=O) groups excluding carboxylic acids is 2. The molecule has 1 amide bonds. The largest absolute Gasteiger partial charge is 0.399 e. The van der Waals surface area contributed by atoms with Crippen LogP contribution in [0.25, 0.3) is 0 Å². The number of hydrogen-bond acceptors (Lipinski definition) is 5. The van der Waals surface area contributed by atoms with Crippen LogP contribution in [0.1, 0.15) is 48.8 Å². The van der Waals surface area contributed by atoms with Gasteiger partial charge >= 0.3 is 0 Å². The van der Waals surface area contributed by atoms with E-state index < -0.39 is 0 Å². The van der Waals surface area contributed by atoms with Crippen LogP contribution in [0.2, 0.25) is 0 Å². The molecule has 3 aromatic carbocycles. The topological polar surface area (TPSA) is 78.7 Å². The highest BCUT2D eigenvalue weighted by Crippen LogP contribution is 2.27. The smallest absolute Gasteiger partial charge is 0.224 e. The Morgan fingerprint density at radius 3 is 1.67 bits per heavy atom. The highest BCUT2D eigenvalue weighted by atomic mass is 35.5. The van der Waals surface area contributed by atoms with Gasteiger partial charge in [0.25, 0.3) is 0 Å². The van der Waals surface area contributed by atoms with Gasteiger partial charge in [-0.05, 0) is 118 Å². The average Bonchev–Trinajstić information content (AvgIpc) is 3.08. The number of amides is 1. The van der Waals surface area contributed by atoms with Gasteiger partial charge in [-0.1, -0.05) is 60.7 Å². The minimum absolute atomic E-state index is 0.0901. The number of alkyl halides is 2. The van der Waals surface area contributed by atoms with E-state index >= 15 is 0 Å². The Kier molecular flexibility index (Phi) is 13.0. The second kappa shape index (κ2) is 17.3. The zero-order chi connectivity index (χ0) is 32.3. The van der Waals surface area contributed by atoms with Crippen molar-refractivity contribution in [3.05, 3.63) is 95.6 Å². The summed E-state index contributed by atoms with van der Waals surface area (Å²) in [6.45, 7) is 3.76. The van der Waals surface area contributed by atoms with Gasteiger partial charge in [-0.15, -0.1) is 23.2 Å². The number of nitrogens with two attached hydrogens (primary N) is 1. The predicted molar refractivity (Wildman–Crippen MR) is 191 cm³/mol. The highest BCUT2D eigenvalue weighted by Gasteiger charge is 2.36. The average molecular weight is 664 g/mol. The Balaban J connectivity index is 0.000000289. The van der Waals surface area contributed by atoms with E-state index in [0.29, 0.717) is 30.0 Å². The number of anilines is 2. The molecule has 0 aromatic heterocycles. The first-order valence-electron chi connectivity index (χ1n) is 16.8. The number of carbonyl (C=O) groups is 2. The molecule has 0 spiro atoms. The molecule has 0 bridgehead atoms. The zero-order valence-electron chi connectivity index (χ0n) is 26.8. The maximum absolute atomic E-state index is 13.6. The quantitative estimate of drug-likeness (QED) is 0.184. The van der Waals surface area contributed by atoms with Crippen molar-refractivity contribution in [2.75, 3.05) is 49.0 Å². The zero-order valence-corrected chi connectivity index (χ0v) is 28.3. The number of fused-ring (bicyclic) bond motifs is 1. The monoisotopic (exact) mass is 662 g/mol. The van der Waals surface area contributed by atoms with Gasteiger partial charge in [0.15, 0.2) is 5.78 Å². The lowest BCUT2D eigenvalue weighted by Gasteiger charge is -2.41. The third kappa shape index (κ3) is 9.57. The van der Waals surface area contributed by atoms with Crippen LogP contribution in [0.15, 0.2) is 78.9 Å². The van der Waals surface area contributed by atoms with Gasteiger partial charge in [0.2, 0.25) is 5.91 Å². The standard InChI is InChI=1S/C29H38Cl2N2O.C9H10N2O/c30-21-27(32-15-11-25(12-16-32)19-23-7-3-1-4-8-23)29(34)28(22-31)33-17-13-26(14-18-33)20-24-9-5-2-6-10-24;10-7-2-3-8-6(5-7)1-4-9(12)11-8/h1-10,25-28H,11-22H2;2-3,5H,1,4,10H2,(H,11,12). The molecular formula is C38H48Cl2N4O2. The Bertz CT molecular complexity index is 1320. The molecule has 0 radical (unpaired) electrons. The van der Waals surface area contributed by atoms with E-state index in [1.165, 1.54) is 11.1 Å². The van der Waals surface area contributed by atoms with Crippen molar-refractivity contribution in [2.24, 2.45) is 11.8 Å². The molecule has 46 heavy (non-hydrogen) atoms. The number of ketones is 1. The molecular weight excluding hydrogens is 615 g/mol. The lowest BCUT2D eigenvalue weighted by atomic mass is 9.88. The molecule has 0 aliphatic carbocycles. The van der Waals surface area contributed by atoms with Crippen LogP contribution in [0.3, 0.4) is 0 Å². The summed E-state index contributed by atoms with van der Waals surface area (Å²) in [6, 6.07) is 26.5. The van der Waals surface area contributed by atoms with Crippen molar-refractivity contribution in [3.8, 4) is 0 Å². The second-order valence-electron chi connectivity index (χ2n) is 13.0. The molecule has 6 nitrogen and oxygen atoms in total. The molecule has 3 aliphatic rings. The number of Topliss-reactive ketones (excluding diaryl/α,β-unsaturated/α-hetero) is 1. The van der Waals surface area contributed by atoms with Crippen molar-refractivity contribution >= 4 is 46.3 Å². The Hall–Kier alpha value is -2.90. The first kappa shape index (κ1) is 34.4. The molecule has 3 aliphatic heterocycles. The minimum atomic E-state index is -0.231. The number of aryl methyl sites for hydroxylation is 1. The lowest BCUT2D eigenvalue weighted by Crippen LogP contribution is -2.56. The summed E-state index contributed by atoms with van der Waals surface area (Å²) in [5, 5.41) is 2.79. The summed E-state index contributed by atoms with van der Waals surface area (Å²) in [7, 11) is 0. The van der Waals surface area contributed by atoms with Gasteiger partial charge < -0.3 is 11.1 Å². The van der Waals surface area contributed by atoms with E-state index in [4.69, 9.17) is 28.9 Å². The van der Waals surface area contributed by atoms with Crippen LogP contribution in [-0.2, 0) is 28.9 Å². The molecule has 246 valence electrons. The summed E-state index contributed by atoms with van der Waals surface area (Å²) in [4.78, 5) is 29.2. The molecule has 6 rings (SSSR count). The molecule has 3 aromatic rings. The van der Waals surface area contributed by atoms with Crippen LogP contribution in [-0.4, -0.2) is 71.5 Å². The Labute approximate surface area is 284 Å². The van der Waals surface area contributed by atoms with Gasteiger partial charge in [0.05, 0.1) is 12.1 Å². The summed E-state index contributed by atoms with van der Waals surface area (Å²) in [6.07, 6.45) is 8.07.